The fraction of sp³-hybridized carbons (Fsp3) is 0.368. The van der Waals surface area contributed by atoms with Crippen LogP contribution in [0, 0.1) is 0 Å². The molecule has 1 aliphatic heterocycles. The molecule has 146 valence electrons. The summed E-state index contributed by atoms with van der Waals surface area (Å²) in [5.74, 6) is 0. The van der Waals surface area contributed by atoms with Crippen molar-refractivity contribution in [1.29, 1.82) is 0 Å². The van der Waals surface area contributed by atoms with Crippen LogP contribution in [0.3, 0.4) is 0 Å². The molecule has 1 aliphatic rings. The van der Waals surface area contributed by atoms with Gasteiger partial charge in [-0.15, -0.1) is 0 Å². The van der Waals surface area contributed by atoms with E-state index in [0.29, 0.717) is 38.4 Å². The second kappa shape index (κ2) is 7.42. The molecule has 2 aromatic carbocycles. The second-order valence-corrected chi connectivity index (χ2v) is 6.51. The second-order valence-electron chi connectivity index (χ2n) is 6.51. The lowest BCUT2D eigenvalue weighted by Crippen LogP contribution is -2.46. The van der Waals surface area contributed by atoms with Crippen LogP contribution in [-0.4, -0.2) is 31.1 Å². The van der Waals surface area contributed by atoms with E-state index in [-0.39, 0.29) is 0 Å². The molecule has 2 aromatic rings. The molecule has 1 saturated heterocycles. The molecule has 0 spiro atoms. The van der Waals surface area contributed by atoms with Gasteiger partial charge in [-0.3, -0.25) is 4.90 Å². The van der Waals surface area contributed by atoms with Crippen LogP contribution in [0.25, 0.3) is 0 Å². The number of rotatable bonds is 3. The summed E-state index contributed by atoms with van der Waals surface area (Å²) in [6.45, 7) is 2.87. The number of hydrogen-bond donors (Lipinski definition) is 0. The van der Waals surface area contributed by atoms with E-state index in [9.17, 15) is 26.3 Å². The standard InChI is InChI=1S/C19H18F6N2/c20-18(21,22)15-6-4-14(5-7-15)13-26-8-10-27(11-9-26)17-3-1-2-16(12-17)19(23,24)25/h1-7,12H,8-11,13H2. The van der Waals surface area contributed by atoms with Crippen molar-refractivity contribution in [3.63, 3.8) is 0 Å². The molecule has 0 unspecified atom stereocenters. The quantitative estimate of drug-likeness (QED) is 0.680. The summed E-state index contributed by atoms with van der Waals surface area (Å²) in [6.07, 6.45) is -8.73. The van der Waals surface area contributed by atoms with Gasteiger partial charge in [0, 0.05) is 38.4 Å². The largest absolute Gasteiger partial charge is 0.416 e. The zero-order chi connectivity index (χ0) is 19.7. The van der Waals surface area contributed by atoms with Crippen LogP contribution in [0.15, 0.2) is 48.5 Å². The Morgan fingerprint density at radius 3 is 1.85 bits per heavy atom. The van der Waals surface area contributed by atoms with Gasteiger partial charge < -0.3 is 4.90 Å². The minimum absolute atomic E-state index is 0.508. The Morgan fingerprint density at radius 2 is 1.30 bits per heavy atom. The van der Waals surface area contributed by atoms with Gasteiger partial charge in [-0.25, -0.2) is 0 Å². The van der Waals surface area contributed by atoms with Crippen LogP contribution >= 0.6 is 0 Å². The van der Waals surface area contributed by atoms with Gasteiger partial charge in [0.15, 0.2) is 0 Å². The maximum Gasteiger partial charge on any atom is 0.416 e. The number of alkyl halides is 6. The van der Waals surface area contributed by atoms with Gasteiger partial charge in [0.05, 0.1) is 11.1 Å². The predicted octanol–water partition coefficient (Wildman–Crippen LogP) is 5.05. The monoisotopic (exact) mass is 388 g/mol. The molecule has 1 fully saturated rings. The fourth-order valence-electron chi connectivity index (χ4n) is 3.10. The third-order valence-corrected chi connectivity index (χ3v) is 4.60. The summed E-state index contributed by atoms with van der Waals surface area (Å²) < 4.78 is 76.3. The number of halogens is 6. The van der Waals surface area contributed by atoms with Crippen LogP contribution < -0.4 is 4.90 Å². The van der Waals surface area contributed by atoms with Crippen molar-refractivity contribution >= 4 is 5.69 Å². The summed E-state index contributed by atoms with van der Waals surface area (Å²) in [6, 6.07) is 10.3. The van der Waals surface area contributed by atoms with Crippen molar-refractivity contribution in [2.75, 3.05) is 31.1 Å². The molecule has 0 saturated carbocycles. The van der Waals surface area contributed by atoms with Crippen LogP contribution in [0.1, 0.15) is 16.7 Å². The van der Waals surface area contributed by atoms with Gasteiger partial charge in [-0.2, -0.15) is 26.3 Å². The van der Waals surface area contributed by atoms with Gasteiger partial charge >= 0.3 is 12.4 Å². The Hall–Kier alpha value is -2.22. The first-order chi connectivity index (χ1) is 12.6. The Bertz CT molecular complexity index is 759. The summed E-state index contributed by atoms with van der Waals surface area (Å²) in [5, 5.41) is 0. The molecule has 0 radical (unpaired) electrons. The van der Waals surface area contributed by atoms with E-state index in [0.717, 1.165) is 29.8 Å². The highest BCUT2D eigenvalue weighted by molar-refractivity contribution is 5.49. The van der Waals surface area contributed by atoms with Gasteiger partial charge in [0.2, 0.25) is 0 Å². The van der Waals surface area contributed by atoms with Crippen LogP contribution in [-0.2, 0) is 18.9 Å². The summed E-state index contributed by atoms with van der Waals surface area (Å²) in [4.78, 5) is 3.96. The van der Waals surface area contributed by atoms with Gasteiger partial charge in [-0.05, 0) is 35.9 Å². The van der Waals surface area contributed by atoms with Crippen molar-refractivity contribution in [2.45, 2.75) is 18.9 Å². The molecule has 0 amide bonds. The van der Waals surface area contributed by atoms with Crippen molar-refractivity contribution in [2.24, 2.45) is 0 Å². The molecule has 1 heterocycles. The molecule has 3 rings (SSSR count). The molecule has 8 heteroatoms. The third-order valence-electron chi connectivity index (χ3n) is 4.60. The van der Waals surface area contributed by atoms with E-state index >= 15 is 0 Å². The fourth-order valence-corrected chi connectivity index (χ4v) is 3.10. The van der Waals surface area contributed by atoms with Crippen LogP contribution in [0.4, 0.5) is 32.0 Å². The van der Waals surface area contributed by atoms with Crippen LogP contribution in [0.5, 0.6) is 0 Å². The highest BCUT2D eigenvalue weighted by Crippen LogP contribution is 2.32. The Labute approximate surface area is 153 Å². The van der Waals surface area contributed by atoms with Gasteiger partial charge in [0.1, 0.15) is 0 Å². The molecule has 0 bridgehead atoms. The first-order valence-corrected chi connectivity index (χ1v) is 8.43. The lowest BCUT2D eigenvalue weighted by molar-refractivity contribution is -0.138. The predicted molar refractivity (Wildman–Crippen MR) is 90.4 cm³/mol. The number of nitrogens with zero attached hydrogens (tertiary/aromatic N) is 2. The molecule has 0 N–H and O–H groups in total. The first-order valence-electron chi connectivity index (χ1n) is 8.43. The van der Waals surface area contributed by atoms with Crippen LogP contribution in [0.2, 0.25) is 0 Å². The van der Waals surface area contributed by atoms with Crippen molar-refractivity contribution in [1.82, 2.24) is 4.90 Å². The molecule has 0 aliphatic carbocycles. The number of piperazine rings is 1. The maximum atomic E-state index is 12.8. The van der Waals surface area contributed by atoms with Gasteiger partial charge in [-0.1, -0.05) is 18.2 Å². The van der Waals surface area contributed by atoms with E-state index in [2.05, 4.69) is 4.90 Å². The van der Waals surface area contributed by atoms with E-state index in [1.807, 2.05) is 4.90 Å². The smallest absolute Gasteiger partial charge is 0.369 e. The van der Waals surface area contributed by atoms with Crippen molar-refractivity contribution in [3.8, 4) is 0 Å². The molecule has 27 heavy (non-hydrogen) atoms. The molecule has 0 atom stereocenters. The minimum Gasteiger partial charge on any atom is -0.369 e. The highest BCUT2D eigenvalue weighted by atomic mass is 19.4. The third kappa shape index (κ3) is 4.94. The van der Waals surface area contributed by atoms with Gasteiger partial charge in [0.25, 0.3) is 0 Å². The Balaban J connectivity index is 1.58. The van der Waals surface area contributed by atoms with E-state index in [4.69, 9.17) is 0 Å². The van der Waals surface area contributed by atoms with E-state index < -0.39 is 23.5 Å². The minimum atomic E-state index is -4.37. The summed E-state index contributed by atoms with van der Waals surface area (Å²) >= 11 is 0. The van der Waals surface area contributed by atoms with E-state index in [1.165, 1.54) is 18.2 Å². The normalized spacial score (nSPS) is 16.6. The topological polar surface area (TPSA) is 6.48 Å². The number of hydrogen-bond acceptors (Lipinski definition) is 2. The number of benzene rings is 2. The molecular weight excluding hydrogens is 370 g/mol. The zero-order valence-electron chi connectivity index (χ0n) is 14.3. The van der Waals surface area contributed by atoms with Crippen molar-refractivity contribution in [3.05, 3.63) is 65.2 Å². The SMILES string of the molecule is FC(F)(F)c1ccc(CN2CCN(c3cccc(C(F)(F)F)c3)CC2)cc1. The zero-order valence-corrected chi connectivity index (χ0v) is 14.3. The van der Waals surface area contributed by atoms with Crippen molar-refractivity contribution < 1.29 is 26.3 Å². The summed E-state index contributed by atoms with van der Waals surface area (Å²) in [7, 11) is 0. The number of anilines is 1. The average molecular weight is 388 g/mol. The Morgan fingerprint density at radius 1 is 0.704 bits per heavy atom. The summed E-state index contributed by atoms with van der Waals surface area (Å²) in [5.41, 5.74) is -0.0534. The molecule has 2 nitrogen and oxygen atoms in total. The lowest BCUT2D eigenvalue weighted by Gasteiger charge is -2.36. The maximum absolute atomic E-state index is 12.8. The average Bonchev–Trinajstić information content (AvgIpc) is 2.61. The first kappa shape index (κ1) is 19.5. The lowest BCUT2D eigenvalue weighted by atomic mass is 10.1. The molecular formula is C19H18F6N2. The Kier molecular flexibility index (Phi) is 5.37. The van der Waals surface area contributed by atoms with E-state index in [1.54, 1.807) is 6.07 Å². The highest BCUT2D eigenvalue weighted by Gasteiger charge is 2.31. The molecule has 0 aromatic heterocycles.